The van der Waals surface area contributed by atoms with Crippen LogP contribution in [0.3, 0.4) is 0 Å². The van der Waals surface area contributed by atoms with Gasteiger partial charge in [0, 0.05) is 35.2 Å². The molecule has 3 aromatic rings. The minimum absolute atomic E-state index is 0.0476. The van der Waals surface area contributed by atoms with E-state index in [2.05, 4.69) is 33.2 Å². The fourth-order valence-electron chi connectivity index (χ4n) is 6.23. The molecule has 3 saturated carbocycles. The molecule has 3 aliphatic carbocycles. The Morgan fingerprint density at radius 3 is 2.57 bits per heavy atom. The second kappa shape index (κ2) is 9.07. The van der Waals surface area contributed by atoms with Crippen molar-refractivity contribution in [2.45, 2.75) is 51.4 Å². The molecule has 2 aromatic heterocycles. The Morgan fingerprint density at radius 1 is 1.06 bits per heavy atom. The third-order valence-corrected chi connectivity index (χ3v) is 8.36. The first kappa shape index (κ1) is 22.2. The molecule has 35 heavy (non-hydrogen) atoms. The highest BCUT2D eigenvalue weighted by Gasteiger charge is 2.44. The fraction of sp³-hybridized carbons (Fsp3) is 0.433. The molecule has 1 aromatic carbocycles. The first-order chi connectivity index (χ1) is 17.0. The van der Waals surface area contributed by atoms with Gasteiger partial charge < -0.3 is 5.32 Å². The number of nitrogens with zero attached hydrogens (tertiary/aromatic N) is 2. The van der Waals surface area contributed by atoms with Crippen LogP contribution in [0.4, 0.5) is 10.2 Å². The third-order valence-electron chi connectivity index (χ3n) is 8.36. The number of aromatic nitrogens is 2. The van der Waals surface area contributed by atoms with Crippen molar-refractivity contribution in [2.75, 3.05) is 5.32 Å². The molecule has 4 nitrogen and oxygen atoms in total. The Hall–Kier alpha value is -3.26. The van der Waals surface area contributed by atoms with Gasteiger partial charge in [0.1, 0.15) is 11.6 Å². The summed E-state index contributed by atoms with van der Waals surface area (Å²) in [5.41, 5.74) is 2.98. The van der Waals surface area contributed by atoms with E-state index in [0.29, 0.717) is 35.4 Å². The minimum atomic E-state index is -0.208. The summed E-state index contributed by atoms with van der Waals surface area (Å²) in [6.45, 7) is 2.05. The van der Waals surface area contributed by atoms with Gasteiger partial charge in [-0.05, 0) is 104 Å². The summed E-state index contributed by atoms with van der Waals surface area (Å²) >= 11 is 0. The molecule has 3 aliphatic rings. The number of anilines is 1. The zero-order valence-corrected chi connectivity index (χ0v) is 20.0. The number of amides is 1. The van der Waals surface area contributed by atoms with Crippen molar-refractivity contribution in [3.05, 3.63) is 65.7 Å². The summed E-state index contributed by atoms with van der Waals surface area (Å²) in [7, 11) is 0. The summed E-state index contributed by atoms with van der Waals surface area (Å²) in [6.07, 6.45) is 10.4. The standard InChI is InChI=1S/C30H30FN3O/c1-18(30(35)34-29-9-6-20(17-33-29)5-4-19-2-3-19)21-12-22-14-24(15-23(22)13-21)26-10-11-32-28-8-7-25(31)16-27(26)28/h6-11,16-19,21-24H,2-3,12-15H2,1H3,(H,33,34,35)/t18?,21?,22-,23+,24?. The largest absolute Gasteiger partial charge is 0.310 e. The molecule has 0 bridgehead atoms. The number of benzene rings is 1. The van der Waals surface area contributed by atoms with Gasteiger partial charge in [0.2, 0.25) is 5.91 Å². The van der Waals surface area contributed by atoms with Gasteiger partial charge in [-0.3, -0.25) is 9.78 Å². The number of hydrogen-bond donors (Lipinski definition) is 1. The van der Waals surface area contributed by atoms with E-state index >= 15 is 0 Å². The predicted octanol–water partition coefficient (Wildman–Crippen LogP) is 6.33. The van der Waals surface area contributed by atoms with E-state index < -0.39 is 0 Å². The van der Waals surface area contributed by atoms with Crippen molar-refractivity contribution < 1.29 is 9.18 Å². The molecule has 5 atom stereocenters. The zero-order valence-electron chi connectivity index (χ0n) is 20.0. The Labute approximate surface area is 205 Å². The smallest absolute Gasteiger partial charge is 0.228 e. The van der Waals surface area contributed by atoms with Crippen molar-refractivity contribution in [2.24, 2.45) is 29.6 Å². The topological polar surface area (TPSA) is 54.9 Å². The number of hydrogen-bond acceptors (Lipinski definition) is 3. The summed E-state index contributed by atoms with van der Waals surface area (Å²) in [6, 6.07) is 10.7. The third kappa shape index (κ3) is 4.67. The summed E-state index contributed by atoms with van der Waals surface area (Å²) in [5.74, 6) is 9.41. The number of rotatable bonds is 4. The van der Waals surface area contributed by atoms with E-state index in [1.54, 1.807) is 18.3 Å². The maximum Gasteiger partial charge on any atom is 0.228 e. The van der Waals surface area contributed by atoms with Crippen LogP contribution in [-0.4, -0.2) is 15.9 Å². The van der Waals surface area contributed by atoms with Crippen LogP contribution in [0.25, 0.3) is 10.9 Å². The highest BCUT2D eigenvalue weighted by atomic mass is 19.1. The highest BCUT2D eigenvalue weighted by molar-refractivity contribution is 5.91. The molecule has 178 valence electrons. The first-order valence-electron chi connectivity index (χ1n) is 12.9. The van der Waals surface area contributed by atoms with Gasteiger partial charge in [0.05, 0.1) is 5.52 Å². The van der Waals surface area contributed by atoms with Gasteiger partial charge in [0.25, 0.3) is 0 Å². The van der Waals surface area contributed by atoms with Crippen LogP contribution in [0.2, 0.25) is 0 Å². The molecule has 5 heteroatoms. The maximum absolute atomic E-state index is 13.9. The molecule has 0 spiro atoms. The molecular weight excluding hydrogens is 437 g/mol. The number of nitrogens with one attached hydrogen (secondary N) is 1. The molecular formula is C30H30FN3O. The first-order valence-corrected chi connectivity index (χ1v) is 12.9. The predicted molar refractivity (Wildman–Crippen MR) is 135 cm³/mol. The van der Waals surface area contributed by atoms with Crippen molar-refractivity contribution in [1.29, 1.82) is 0 Å². The number of carbonyl (C=O) groups is 1. The Bertz CT molecular complexity index is 1310. The van der Waals surface area contributed by atoms with Crippen LogP contribution in [0.15, 0.2) is 48.8 Å². The van der Waals surface area contributed by atoms with Crippen LogP contribution >= 0.6 is 0 Å². The van der Waals surface area contributed by atoms with Crippen LogP contribution in [0.1, 0.15) is 62.5 Å². The van der Waals surface area contributed by atoms with Crippen LogP contribution < -0.4 is 5.32 Å². The van der Waals surface area contributed by atoms with Crippen molar-refractivity contribution in [3.8, 4) is 11.8 Å². The van der Waals surface area contributed by atoms with Gasteiger partial charge in [-0.2, -0.15) is 0 Å². The van der Waals surface area contributed by atoms with Gasteiger partial charge in [0.15, 0.2) is 0 Å². The van der Waals surface area contributed by atoms with E-state index in [-0.39, 0.29) is 17.6 Å². The molecule has 0 saturated heterocycles. The van der Waals surface area contributed by atoms with E-state index in [0.717, 1.165) is 42.1 Å². The zero-order chi connectivity index (χ0) is 23.9. The quantitative estimate of drug-likeness (QED) is 0.457. The molecule has 1 amide bonds. The van der Waals surface area contributed by atoms with Gasteiger partial charge in [-0.25, -0.2) is 9.37 Å². The molecule has 2 heterocycles. The lowest BCUT2D eigenvalue weighted by atomic mass is 9.86. The normalized spacial score (nSPS) is 26.1. The summed E-state index contributed by atoms with van der Waals surface area (Å²) < 4.78 is 13.9. The molecule has 0 aliphatic heterocycles. The molecule has 3 unspecified atom stereocenters. The molecule has 1 N–H and O–H groups in total. The van der Waals surface area contributed by atoms with E-state index in [4.69, 9.17) is 0 Å². The summed E-state index contributed by atoms with van der Waals surface area (Å²) in [4.78, 5) is 21.8. The second-order valence-electron chi connectivity index (χ2n) is 10.7. The van der Waals surface area contributed by atoms with Gasteiger partial charge in [-0.15, -0.1) is 0 Å². The lowest BCUT2D eigenvalue weighted by Crippen LogP contribution is -2.26. The van der Waals surface area contributed by atoms with Crippen LogP contribution in [0, 0.1) is 47.2 Å². The van der Waals surface area contributed by atoms with Crippen LogP contribution in [0.5, 0.6) is 0 Å². The van der Waals surface area contributed by atoms with Crippen molar-refractivity contribution in [3.63, 3.8) is 0 Å². The molecule has 6 rings (SSSR count). The van der Waals surface area contributed by atoms with E-state index in [1.165, 1.54) is 24.5 Å². The average Bonchev–Trinajstić information content (AvgIpc) is 3.49. The SMILES string of the molecule is CC(C(=O)Nc1ccc(C#CC2CC2)cn1)C1C[C@H]2CC(c3ccnc4ccc(F)cc34)C[C@H]2C1. The number of carbonyl (C=O) groups excluding carboxylic acids is 1. The number of fused-ring (bicyclic) bond motifs is 2. The second-order valence-corrected chi connectivity index (χ2v) is 10.7. The van der Waals surface area contributed by atoms with Crippen molar-refractivity contribution in [1.82, 2.24) is 9.97 Å². The summed E-state index contributed by atoms with van der Waals surface area (Å²) in [5, 5.41) is 3.95. The molecule has 0 radical (unpaired) electrons. The monoisotopic (exact) mass is 467 g/mol. The number of pyridine rings is 2. The Balaban J connectivity index is 1.07. The van der Waals surface area contributed by atoms with E-state index in [1.807, 2.05) is 25.3 Å². The fourth-order valence-corrected chi connectivity index (χ4v) is 6.23. The lowest BCUT2D eigenvalue weighted by molar-refractivity contribution is -0.120. The Kier molecular flexibility index (Phi) is 5.76. The van der Waals surface area contributed by atoms with E-state index in [9.17, 15) is 9.18 Å². The van der Waals surface area contributed by atoms with Crippen LogP contribution in [-0.2, 0) is 4.79 Å². The minimum Gasteiger partial charge on any atom is -0.310 e. The number of halogens is 1. The molecule has 3 fully saturated rings. The maximum atomic E-state index is 13.9. The lowest BCUT2D eigenvalue weighted by Gasteiger charge is -2.21. The van der Waals surface area contributed by atoms with Gasteiger partial charge in [-0.1, -0.05) is 18.8 Å². The highest BCUT2D eigenvalue weighted by Crippen LogP contribution is 2.54. The van der Waals surface area contributed by atoms with Gasteiger partial charge >= 0.3 is 0 Å². The average molecular weight is 468 g/mol. The Morgan fingerprint density at radius 2 is 1.86 bits per heavy atom. The van der Waals surface area contributed by atoms with Crippen molar-refractivity contribution >= 4 is 22.6 Å².